The van der Waals surface area contributed by atoms with E-state index < -0.39 is 0 Å². The zero-order valence-electron chi connectivity index (χ0n) is 13.7. The molecule has 0 bridgehead atoms. The highest BCUT2D eigenvalue weighted by atomic mass is 35.5. The van der Waals surface area contributed by atoms with Crippen LogP contribution in [-0.2, 0) is 10.2 Å². The molecule has 0 saturated heterocycles. The molecule has 1 fully saturated rings. The van der Waals surface area contributed by atoms with Gasteiger partial charge in [0.1, 0.15) is 0 Å². The van der Waals surface area contributed by atoms with Crippen molar-refractivity contribution in [2.45, 2.75) is 44.9 Å². The van der Waals surface area contributed by atoms with E-state index in [4.69, 9.17) is 11.6 Å². The molecule has 1 aromatic rings. The molecule has 122 valence electrons. The molecule has 0 atom stereocenters. The summed E-state index contributed by atoms with van der Waals surface area (Å²) in [6.07, 6.45) is 4.11. The number of likely N-dealkylation sites (N-methyl/N-ethyl adjacent to an activating group) is 1. The van der Waals surface area contributed by atoms with Crippen molar-refractivity contribution in [2.24, 2.45) is 0 Å². The smallest absolute Gasteiger partial charge is 0.230 e. The molecule has 4 heteroatoms. The molecule has 1 amide bonds. The summed E-state index contributed by atoms with van der Waals surface area (Å²) in [7, 11) is 0. The van der Waals surface area contributed by atoms with Crippen molar-refractivity contribution in [3.8, 4) is 0 Å². The van der Waals surface area contributed by atoms with Crippen LogP contribution in [0.2, 0.25) is 5.02 Å². The molecule has 0 heterocycles. The van der Waals surface area contributed by atoms with Gasteiger partial charge in [-0.1, -0.05) is 50.4 Å². The van der Waals surface area contributed by atoms with Crippen molar-refractivity contribution < 1.29 is 4.79 Å². The van der Waals surface area contributed by atoms with Crippen molar-refractivity contribution in [3.05, 3.63) is 34.9 Å². The summed E-state index contributed by atoms with van der Waals surface area (Å²) in [5.41, 5.74) is 0.753. The number of benzene rings is 1. The van der Waals surface area contributed by atoms with Gasteiger partial charge in [0.25, 0.3) is 0 Å². The van der Waals surface area contributed by atoms with Crippen LogP contribution in [0.3, 0.4) is 0 Å². The number of carbonyl (C=O) groups is 1. The van der Waals surface area contributed by atoms with E-state index >= 15 is 0 Å². The molecule has 1 saturated carbocycles. The lowest BCUT2D eigenvalue weighted by molar-refractivity contribution is -0.126. The zero-order valence-corrected chi connectivity index (χ0v) is 14.5. The van der Waals surface area contributed by atoms with E-state index in [1.807, 2.05) is 24.3 Å². The van der Waals surface area contributed by atoms with Crippen molar-refractivity contribution in [2.75, 3.05) is 26.2 Å². The van der Waals surface area contributed by atoms with E-state index in [0.717, 1.165) is 62.4 Å². The second-order valence-electron chi connectivity index (χ2n) is 6.08. The molecule has 0 radical (unpaired) electrons. The van der Waals surface area contributed by atoms with Crippen LogP contribution < -0.4 is 5.32 Å². The van der Waals surface area contributed by atoms with Crippen molar-refractivity contribution in [1.29, 1.82) is 0 Å². The minimum absolute atomic E-state index is 0.180. The highest BCUT2D eigenvalue weighted by Crippen LogP contribution is 2.41. The SMILES string of the molecule is CCN(CC)CCNC(=O)C1(c2ccc(Cl)cc2)CCCC1. The quantitative estimate of drug-likeness (QED) is 0.831. The summed E-state index contributed by atoms with van der Waals surface area (Å²) in [5, 5.41) is 3.89. The third-order valence-corrected chi connectivity index (χ3v) is 5.15. The van der Waals surface area contributed by atoms with Crippen molar-refractivity contribution in [3.63, 3.8) is 0 Å². The maximum atomic E-state index is 12.8. The molecule has 1 aliphatic rings. The Balaban J connectivity index is 2.04. The average Bonchev–Trinajstić information content (AvgIpc) is 3.03. The number of amides is 1. The number of rotatable bonds is 7. The summed E-state index contributed by atoms with van der Waals surface area (Å²) in [6, 6.07) is 7.80. The maximum absolute atomic E-state index is 12.8. The second-order valence-corrected chi connectivity index (χ2v) is 6.52. The first-order chi connectivity index (χ1) is 10.6. The minimum Gasteiger partial charge on any atom is -0.354 e. The molecule has 3 nitrogen and oxygen atoms in total. The van der Waals surface area contributed by atoms with Crippen LogP contribution in [0.5, 0.6) is 0 Å². The molecular weight excluding hydrogens is 296 g/mol. The van der Waals surface area contributed by atoms with Crippen LogP contribution in [0, 0.1) is 0 Å². The first kappa shape index (κ1) is 17.3. The van der Waals surface area contributed by atoms with Crippen molar-refractivity contribution >= 4 is 17.5 Å². The summed E-state index contributed by atoms with van der Waals surface area (Å²) >= 11 is 5.99. The highest BCUT2D eigenvalue weighted by molar-refractivity contribution is 6.30. The fraction of sp³-hybridized carbons (Fsp3) is 0.611. The molecule has 0 unspecified atom stereocenters. The van der Waals surface area contributed by atoms with Crippen LogP contribution in [0.1, 0.15) is 45.1 Å². The Bertz CT molecular complexity index is 476. The summed E-state index contributed by atoms with van der Waals surface area (Å²) in [4.78, 5) is 15.2. The van der Waals surface area contributed by atoms with E-state index in [1.54, 1.807) is 0 Å². The topological polar surface area (TPSA) is 32.3 Å². The predicted octanol–water partition coefficient (Wildman–Crippen LogP) is 3.61. The fourth-order valence-corrected chi connectivity index (χ4v) is 3.56. The molecule has 22 heavy (non-hydrogen) atoms. The number of halogens is 1. The fourth-order valence-electron chi connectivity index (χ4n) is 3.43. The molecule has 2 rings (SSSR count). The van der Waals surface area contributed by atoms with Crippen LogP contribution in [0.4, 0.5) is 0 Å². The molecule has 0 aromatic heterocycles. The predicted molar refractivity (Wildman–Crippen MR) is 92.4 cm³/mol. The summed E-state index contributed by atoms with van der Waals surface area (Å²) < 4.78 is 0. The van der Waals surface area contributed by atoms with Gasteiger partial charge in [-0.05, 0) is 43.6 Å². The Kier molecular flexibility index (Phi) is 6.27. The largest absolute Gasteiger partial charge is 0.354 e. The van der Waals surface area contributed by atoms with Gasteiger partial charge in [0.2, 0.25) is 5.91 Å². The van der Waals surface area contributed by atoms with E-state index in [0.29, 0.717) is 0 Å². The van der Waals surface area contributed by atoms with Crippen molar-refractivity contribution in [1.82, 2.24) is 10.2 Å². The van der Waals surface area contributed by atoms with Gasteiger partial charge in [0.15, 0.2) is 0 Å². The van der Waals surface area contributed by atoms with Crippen LogP contribution >= 0.6 is 11.6 Å². The van der Waals surface area contributed by atoms with E-state index in [1.165, 1.54) is 0 Å². The normalized spacial score (nSPS) is 16.9. The van der Waals surface area contributed by atoms with Gasteiger partial charge < -0.3 is 10.2 Å². The van der Waals surface area contributed by atoms with E-state index in [2.05, 4.69) is 24.1 Å². The molecule has 1 aromatic carbocycles. The first-order valence-electron chi connectivity index (χ1n) is 8.39. The Labute approximate surface area is 139 Å². The van der Waals surface area contributed by atoms with Gasteiger partial charge in [-0.2, -0.15) is 0 Å². The molecule has 1 N–H and O–H groups in total. The summed E-state index contributed by atoms with van der Waals surface area (Å²) in [6.45, 7) is 7.98. The first-order valence-corrected chi connectivity index (χ1v) is 8.77. The van der Waals surface area contributed by atoms with Gasteiger partial charge in [-0.15, -0.1) is 0 Å². The Morgan fingerprint density at radius 2 is 1.77 bits per heavy atom. The average molecular weight is 323 g/mol. The van der Waals surface area contributed by atoms with Gasteiger partial charge in [-0.3, -0.25) is 4.79 Å². The molecule has 0 spiro atoms. The molecule has 0 aliphatic heterocycles. The Morgan fingerprint density at radius 3 is 2.32 bits per heavy atom. The lowest BCUT2D eigenvalue weighted by Gasteiger charge is -2.29. The monoisotopic (exact) mass is 322 g/mol. The number of nitrogens with one attached hydrogen (secondary N) is 1. The second kappa shape index (κ2) is 7.98. The number of hydrogen-bond donors (Lipinski definition) is 1. The van der Waals surface area contributed by atoms with Gasteiger partial charge >= 0.3 is 0 Å². The number of carbonyl (C=O) groups excluding carboxylic acids is 1. The standard InChI is InChI=1S/C18H27ClN2O/c1-3-21(4-2)14-13-20-17(22)18(11-5-6-12-18)15-7-9-16(19)10-8-15/h7-10H,3-6,11-14H2,1-2H3,(H,20,22). The lowest BCUT2D eigenvalue weighted by atomic mass is 9.78. The van der Waals surface area contributed by atoms with Gasteiger partial charge in [-0.25, -0.2) is 0 Å². The lowest BCUT2D eigenvalue weighted by Crippen LogP contribution is -2.45. The molecular formula is C18H27ClN2O. The highest BCUT2D eigenvalue weighted by Gasteiger charge is 2.42. The number of hydrogen-bond acceptors (Lipinski definition) is 2. The van der Waals surface area contributed by atoms with Crippen LogP contribution in [0.15, 0.2) is 24.3 Å². The Hall–Kier alpha value is -1.06. The van der Waals surface area contributed by atoms with Crippen LogP contribution in [-0.4, -0.2) is 37.0 Å². The zero-order chi connectivity index (χ0) is 16.0. The minimum atomic E-state index is -0.353. The third-order valence-electron chi connectivity index (χ3n) is 4.90. The van der Waals surface area contributed by atoms with Crippen LogP contribution in [0.25, 0.3) is 0 Å². The number of nitrogens with zero attached hydrogens (tertiary/aromatic N) is 1. The van der Waals surface area contributed by atoms with E-state index in [9.17, 15) is 4.79 Å². The Morgan fingerprint density at radius 1 is 1.18 bits per heavy atom. The van der Waals surface area contributed by atoms with E-state index in [-0.39, 0.29) is 11.3 Å². The molecule has 1 aliphatic carbocycles. The third kappa shape index (κ3) is 3.82. The maximum Gasteiger partial charge on any atom is 0.230 e. The van der Waals surface area contributed by atoms with Gasteiger partial charge in [0, 0.05) is 18.1 Å². The van der Waals surface area contributed by atoms with Gasteiger partial charge in [0.05, 0.1) is 5.41 Å². The summed E-state index contributed by atoms with van der Waals surface area (Å²) in [5.74, 6) is 0.180.